The summed E-state index contributed by atoms with van der Waals surface area (Å²) >= 11 is 0. The number of benzene rings is 1. The fourth-order valence-electron chi connectivity index (χ4n) is 1.89. The summed E-state index contributed by atoms with van der Waals surface area (Å²) in [6.07, 6.45) is 1.01. The second-order valence-electron chi connectivity index (χ2n) is 5.50. The van der Waals surface area contributed by atoms with Crippen LogP contribution in [0.1, 0.15) is 41.8 Å². The lowest BCUT2D eigenvalue weighted by Gasteiger charge is -2.10. The first-order valence-corrected chi connectivity index (χ1v) is 7.18. The Bertz CT molecular complexity index is 430. The number of hydrogen-bond donors (Lipinski definition) is 2. The lowest BCUT2D eigenvalue weighted by atomic mass is 10.0. The van der Waals surface area contributed by atoms with Crippen LogP contribution in [-0.2, 0) is 11.3 Å². The van der Waals surface area contributed by atoms with Gasteiger partial charge in [0.2, 0.25) is 5.91 Å². The van der Waals surface area contributed by atoms with Crippen molar-refractivity contribution in [3.63, 3.8) is 0 Å². The summed E-state index contributed by atoms with van der Waals surface area (Å²) in [6, 6.07) is 5.57. The Hall–Kier alpha value is -1.39. The van der Waals surface area contributed by atoms with E-state index in [0.29, 0.717) is 11.5 Å². The lowest BCUT2D eigenvalue weighted by Crippen LogP contribution is -2.18. The van der Waals surface area contributed by atoms with Gasteiger partial charge in [0.25, 0.3) is 0 Å². The molecule has 112 valence electrons. The first-order chi connectivity index (χ1) is 9.50. The first-order valence-electron chi connectivity index (χ1n) is 7.18. The molecule has 0 saturated carbocycles. The Morgan fingerprint density at radius 3 is 2.75 bits per heavy atom. The van der Waals surface area contributed by atoms with Crippen LogP contribution in [0, 0.1) is 12.8 Å². The molecule has 0 unspecified atom stereocenters. The number of rotatable bonds is 9. The van der Waals surface area contributed by atoms with E-state index in [1.54, 1.807) is 6.07 Å². The molecule has 0 aliphatic rings. The van der Waals surface area contributed by atoms with Crippen molar-refractivity contribution in [2.45, 2.75) is 33.7 Å². The van der Waals surface area contributed by atoms with Crippen molar-refractivity contribution in [2.75, 3.05) is 19.8 Å². The van der Waals surface area contributed by atoms with E-state index >= 15 is 0 Å². The number of carbonyl (C=O) groups excluding carboxylic acids is 1. The van der Waals surface area contributed by atoms with Crippen molar-refractivity contribution in [1.29, 1.82) is 0 Å². The van der Waals surface area contributed by atoms with Crippen molar-refractivity contribution in [3.8, 4) is 0 Å². The van der Waals surface area contributed by atoms with Crippen molar-refractivity contribution < 1.29 is 9.53 Å². The Labute approximate surface area is 121 Å². The predicted molar refractivity (Wildman–Crippen MR) is 81.7 cm³/mol. The van der Waals surface area contributed by atoms with E-state index in [1.165, 1.54) is 5.56 Å². The van der Waals surface area contributed by atoms with Crippen LogP contribution in [0.2, 0.25) is 0 Å². The number of ether oxygens (including phenoxy) is 1. The highest BCUT2D eigenvalue weighted by Gasteiger charge is 2.03. The minimum atomic E-state index is -0.380. The van der Waals surface area contributed by atoms with Gasteiger partial charge in [0, 0.05) is 25.3 Å². The monoisotopic (exact) mass is 278 g/mol. The lowest BCUT2D eigenvalue weighted by molar-refractivity contribution is 0.1000. The van der Waals surface area contributed by atoms with E-state index in [9.17, 15) is 4.79 Å². The molecular weight excluding hydrogens is 252 g/mol. The van der Waals surface area contributed by atoms with Gasteiger partial charge in [-0.05, 0) is 49.1 Å². The second kappa shape index (κ2) is 8.72. The largest absolute Gasteiger partial charge is 0.381 e. The maximum absolute atomic E-state index is 11.1. The van der Waals surface area contributed by atoms with Gasteiger partial charge in [0.1, 0.15) is 0 Å². The number of amides is 1. The predicted octanol–water partition coefficient (Wildman–Crippen LogP) is 2.25. The summed E-state index contributed by atoms with van der Waals surface area (Å²) in [5, 5.41) is 3.38. The molecule has 4 heteroatoms. The molecule has 0 aliphatic carbocycles. The van der Waals surface area contributed by atoms with Crippen LogP contribution in [0.3, 0.4) is 0 Å². The van der Waals surface area contributed by atoms with E-state index in [0.717, 1.165) is 38.3 Å². The third kappa shape index (κ3) is 6.17. The zero-order valence-electron chi connectivity index (χ0n) is 12.7. The summed E-state index contributed by atoms with van der Waals surface area (Å²) < 4.78 is 5.52. The summed E-state index contributed by atoms with van der Waals surface area (Å²) in [5.74, 6) is 0.212. The van der Waals surface area contributed by atoms with Crippen molar-refractivity contribution in [2.24, 2.45) is 11.7 Å². The van der Waals surface area contributed by atoms with Crippen molar-refractivity contribution in [3.05, 3.63) is 34.9 Å². The van der Waals surface area contributed by atoms with Gasteiger partial charge in [-0.2, -0.15) is 0 Å². The highest BCUT2D eigenvalue weighted by molar-refractivity contribution is 5.93. The van der Waals surface area contributed by atoms with E-state index in [2.05, 4.69) is 19.2 Å². The molecule has 0 fully saturated rings. The Morgan fingerprint density at radius 1 is 1.40 bits per heavy atom. The van der Waals surface area contributed by atoms with Crippen molar-refractivity contribution in [1.82, 2.24) is 5.32 Å². The topological polar surface area (TPSA) is 64.4 Å². The van der Waals surface area contributed by atoms with Crippen LogP contribution < -0.4 is 11.1 Å². The van der Waals surface area contributed by atoms with E-state index in [4.69, 9.17) is 10.5 Å². The van der Waals surface area contributed by atoms with Crippen LogP contribution in [-0.4, -0.2) is 25.7 Å². The van der Waals surface area contributed by atoms with Gasteiger partial charge in [-0.1, -0.05) is 19.9 Å². The van der Waals surface area contributed by atoms with E-state index < -0.39 is 0 Å². The van der Waals surface area contributed by atoms with Crippen LogP contribution in [0.5, 0.6) is 0 Å². The van der Waals surface area contributed by atoms with Gasteiger partial charge in [-0.3, -0.25) is 4.79 Å². The molecule has 1 rings (SSSR count). The Morgan fingerprint density at radius 2 is 2.15 bits per heavy atom. The standard InChI is InChI=1S/C16H26N2O2/c1-12(2)11-20-8-4-7-18-10-15-6-5-14(16(17)19)9-13(15)3/h5-6,9,12,18H,4,7-8,10-11H2,1-3H3,(H2,17,19). The Kier molecular flexibility index (Phi) is 7.26. The third-order valence-electron chi connectivity index (χ3n) is 3.04. The summed E-state index contributed by atoms with van der Waals surface area (Å²) in [6.45, 7) is 9.64. The fraction of sp³-hybridized carbons (Fsp3) is 0.562. The van der Waals surface area contributed by atoms with Crippen LogP contribution in [0.4, 0.5) is 0 Å². The molecular formula is C16H26N2O2. The van der Waals surface area contributed by atoms with Crippen LogP contribution in [0.15, 0.2) is 18.2 Å². The molecule has 0 spiro atoms. The average molecular weight is 278 g/mol. The zero-order valence-corrected chi connectivity index (χ0v) is 12.7. The molecule has 20 heavy (non-hydrogen) atoms. The van der Waals surface area contributed by atoms with E-state index in [1.807, 2.05) is 19.1 Å². The quantitative estimate of drug-likeness (QED) is 0.681. The molecule has 1 amide bonds. The average Bonchev–Trinajstić information content (AvgIpc) is 2.38. The molecule has 4 nitrogen and oxygen atoms in total. The number of hydrogen-bond acceptors (Lipinski definition) is 3. The maximum Gasteiger partial charge on any atom is 0.248 e. The second-order valence-corrected chi connectivity index (χ2v) is 5.50. The van der Waals surface area contributed by atoms with Gasteiger partial charge in [0.15, 0.2) is 0 Å². The van der Waals surface area contributed by atoms with Crippen LogP contribution in [0.25, 0.3) is 0 Å². The molecule has 0 atom stereocenters. The number of primary amides is 1. The van der Waals surface area contributed by atoms with Gasteiger partial charge < -0.3 is 15.8 Å². The van der Waals surface area contributed by atoms with Gasteiger partial charge in [-0.15, -0.1) is 0 Å². The zero-order chi connectivity index (χ0) is 15.0. The highest BCUT2D eigenvalue weighted by atomic mass is 16.5. The minimum absolute atomic E-state index is 0.380. The fourth-order valence-corrected chi connectivity index (χ4v) is 1.89. The Balaban J connectivity index is 2.24. The van der Waals surface area contributed by atoms with Crippen molar-refractivity contribution >= 4 is 5.91 Å². The smallest absolute Gasteiger partial charge is 0.248 e. The molecule has 1 aromatic carbocycles. The number of nitrogens with two attached hydrogens (primary N) is 1. The SMILES string of the molecule is Cc1cc(C(N)=O)ccc1CNCCCOCC(C)C. The highest BCUT2D eigenvalue weighted by Crippen LogP contribution is 2.10. The molecule has 0 radical (unpaired) electrons. The number of aryl methyl sites for hydroxylation is 1. The number of carbonyl (C=O) groups is 1. The molecule has 0 aliphatic heterocycles. The van der Waals surface area contributed by atoms with Crippen LogP contribution >= 0.6 is 0 Å². The number of nitrogens with one attached hydrogen (secondary N) is 1. The summed E-state index contributed by atoms with van der Waals surface area (Å²) in [7, 11) is 0. The normalized spacial score (nSPS) is 11.0. The first kappa shape index (κ1) is 16.7. The summed E-state index contributed by atoms with van der Waals surface area (Å²) in [4.78, 5) is 11.1. The van der Waals surface area contributed by atoms with Gasteiger partial charge in [-0.25, -0.2) is 0 Å². The molecule has 0 aromatic heterocycles. The van der Waals surface area contributed by atoms with Gasteiger partial charge >= 0.3 is 0 Å². The molecule has 3 N–H and O–H groups in total. The molecule has 0 bridgehead atoms. The molecule has 1 aromatic rings. The molecule has 0 heterocycles. The third-order valence-corrected chi connectivity index (χ3v) is 3.04. The van der Waals surface area contributed by atoms with Gasteiger partial charge in [0.05, 0.1) is 0 Å². The van der Waals surface area contributed by atoms with E-state index in [-0.39, 0.29) is 5.91 Å². The minimum Gasteiger partial charge on any atom is -0.381 e. The maximum atomic E-state index is 11.1. The summed E-state index contributed by atoms with van der Waals surface area (Å²) in [5.41, 5.74) is 8.10. The molecule has 0 saturated heterocycles.